The average molecular weight is 383 g/mol. The molecular formula is C14H25NO11. The number of aliphatic hydroxyl groups is 7. The number of hydrogen-bond donors (Lipinski definition) is 8. The fourth-order valence-electron chi connectivity index (χ4n) is 2.90. The Bertz CT molecular complexity index is 478. The van der Waals surface area contributed by atoms with Gasteiger partial charge in [-0.1, -0.05) is 0 Å². The lowest BCUT2D eigenvalue weighted by molar-refractivity contribution is -0.363. The second kappa shape index (κ2) is 8.84. The van der Waals surface area contributed by atoms with Crippen molar-refractivity contribution >= 4 is 5.91 Å². The third-order valence-electron chi connectivity index (χ3n) is 4.37. The summed E-state index contributed by atoms with van der Waals surface area (Å²) in [7, 11) is 0. The van der Waals surface area contributed by atoms with Gasteiger partial charge in [0.2, 0.25) is 5.91 Å². The van der Waals surface area contributed by atoms with E-state index in [-0.39, 0.29) is 0 Å². The molecule has 8 N–H and O–H groups in total. The molecule has 0 spiro atoms. The topological polar surface area (TPSA) is 198 Å². The highest BCUT2D eigenvalue weighted by atomic mass is 16.8. The minimum atomic E-state index is -1.73. The summed E-state index contributed by atoms with van der Waals surface area (Å²) in [5.41, 5.74) is 0. The molecule has 0 aliphatic carbocycles. The van der Waals surface area contributed by atoms with Crippen molar-refractivity contribution in [3.05, 3.63) is 0 Å². The van der Waals surface area contributed by atoms with Crippen LogP contribution in [-0.4, -0.2) is 116 Å². The van der Waals surface area contributed by atoms with Gasteiger partial charge in [-0.2, -0.15) is 0 Å². The number of aliphatic hydroxyl groups excluding tert-OH is 7. The first kappa shape index (κ1) is 21.4. The van der Waals surface area contributed by atoms with Crippen LogP contribution in [0, 0.1) is 0 Å². The summed E-state index contributed by atoms with van der Waals surface area (Å²) >= 11 is 0. The lowest BCUT2D eigenvalue weighted by Gasteiger charge is -2.45. The molecule has 12 nitrogen and oxygen atoms in total. The van der Waals surface area contributed by atoms with Crippen LogP contribution in [0.25, 0.3) is 0 Å². The predicted molar refractivity (Wildman–Crippen MR) is 80.2 cm³/mol. The van der Waals surface area contributed by atoms with Crippen molar-refractivity contribution in [1.82, 2.24) is 5.32 Å². The lowest BCUT2D eigenvalue weighted by Crippen LogP contribution is -2.67. The van der Waals surface area contributed by atoms with Gasteiger partial charge < -0.3 is 55.3 Å². The molecule has 2 aliphatic rings. The van der Waals surface area contributed by atoms with E-state index < -0.39 is 80.5 Å². The third-order valence-corrected chi connectivity index (χ3v) is 4.37. The molecule has 2 aliphatic heterocycles. The maximum Gasteiger partial charge on any atom is 0.217 e. The third kappa shape index (κ3) is 4.31. The van der Waals surface area contributed by atoms with E-state index in [9.17, 15) is 40.5 Å². The van der Waals surface area contributed by atoms with E-state index in [1.807, 2.05) is 0 Å². The fourth-order valence-corrected chi connectivity index (χ4v) is 2.90. The van der Waals surface area contributed by atoms with E-state index in [0.29, 0.717) is 0 Å². The molecule has 26 heavy (non-hydrogen) atoms. The zero-order chi connectivity index (χ0) is 19.6. The Hall–Kier alpha value is -0.930. The number of hydrogen-bond acceptors (Lipinski definition) is 11. The standard InChI is InChI=1S/C14H25NO11/c1-4(18)15-7-10(21)8(19)5(2-16)24-13(7)26-14-12(23)11(22)9(20)6(3-17)25-14/h5-14,16-17,19-23H,2-3H2,1H3,(H,15,18)/t5-,6-,7+,8-,9-,10-,11+,12-,13-,14+/m1/s1. The largest absolute Gasteiger partial charge is 0.394 e. The highest BCUT2D eigenvalue weighted by Gasteiger charge is 2.50. The predicted octanol–water partition coefficient (Wildman–Crippen LogP) is -5.25. The summed E-state index contributed by atoms with van der Waals surface area (Å²) in [6.07, 6.45) is -13.7. The highest BCUT2D eigenvalue weighted by Crippen LogP contribution is 2.28. The molecular weight excluding hydrogens is 358 g/mol. The average Bonchev–Trinajstić information content (AvgIpc) is 2.61. The quantitative estimate of drug-likeness (QED) is 0.226. The van der Waals surface area contributed by atoms with Crippen molar-refractivity contribution in [2.45, 2.75) is 68.3 Å². The van der Waals surface area contributed by atoms with Crippen molar-refractivity contribution in [2.24, 2.45) is 0 Å². The lowest BCUT2D eigenvalue weighted by atomic mass is 9.96. The van der Waals surface area contributed by atoms with Crippen molar-refractivity contribution in [1.29, 1.82) is 0 Å². The minimum Gasteiger partial charge on any atom is -0.394 e. The number of ether oxygens (including phenoxy) is 3. The van der Waals surface area contributed by atoms with Gasteiger partial charge in [0, 0.05) is 6.92 Å². The first-order chi connectivity index (χ1) is 12.2. The van der Waals surface area contributed by atoms with Crippen LogP contribution in [0.2, 0.25) is 0 Å². The van der Waals surface area contributed by atoms with Crippen molar-refractivity contribution in [3.63, 3.8) is 0 Å². The molecule has 0 saturated carbocycles. The van der Waals surface area contributed by atoms with E-state index in [1.165, 1.54) is 0 Å². The Kier molecular flexibility index (Phi) is 7.27. The van der Waals surface area contributed by atoms with Gasteiger partial charge in [-0.15, -0.1) is 0 Å². The van der Waals surface area contributed by atoms with Crippen molar-refractivity contribution in [3.8, 4) is 0 Å². The summed E-state index contributed by atoms with van der Waals surface area (Å²) < 4.78 is 15.9. The van der Waals surface area contributed by atoms with Crippen molar-refractivity contribution in [2.75, 3.05) is 13.2 Å². The number of carbonyl (C=O) groups excluding carboxylic acids is 1. The summed E-state index contributed by atoms with van der Waals surface area (Å²) in [5.74, 6) is -0.574. The van der Waals surface area contributed by atoms with Crippen LogP contribution >= 0.6 is 0 Å². The molecule has 0 aromatic carbocycles. The van der Waals surface area contributed by atoms with E-state index in [0.717, 1.165) is 6.92 Å². The van der Waals surface area contributed by atoms with E-state index >= 15 is 0 Å². The smallest absolute Gasteiger partial charge is 0.217 e. The van der Waals surface area contributed by atoms with Gasteiger partial charge in [0.25, 0.3) is 0 Å². The summed E-state index contributed by atoms with van der Waals surface area (Å²) in [6, 6.07) is -1.28. The van der Waals surface area contributed by atoms with Gasteiger partial charge in [0.05, 0.1) is 13.2 Å². The summed E-state index contributed by atoms with van der Waals surface area (Å²) in [5, 5.41) is 70.4. The number of carbonyl (C=O) groups is 1. The summed E-state index contributed by atoms with van der Waals surface area (Å²) in [6.45, 7) is -0.187. The number of rotatable bonds is 5. The molecule has 0 bridgehead atoms. The van der Waals surface area contributed by atoms with E-state index in [1.54, 1.807) is 0 Å². The fraction of sp³-hybridized carbons (Fsp3) is 0.929. The minimum absolute atomic E-state index is 0.574. The molecule has 2 rings (SSSR count). The molecule has 12 heteroatoms. The van der Waals surface area contributed by atoms with E-state index in [2.05, 4.69) is 5.32 Å². The molecule has 0 unspecified atom stereocenters. The van der Waals surface area contributed by atoms with E-state index in [4.69, 9.17) is 14.2 Å². The van der Waals surface area contributed by atoms with Gasteiger partial charge >= 0.3 is 0 Å². The number of amides is 1. The summed E-state index contributed by atoms with van der Waals surface area (Å²) in [4.78, 5) is 11.4. The van der Waals surface area contributed by atoms with Crippen LogP contribution < -0.4 is 5.32 Å². The molecule has 0 aromatic rings. The van der Waals surface area contributed by atoms with Gasteiger partial charge in [-0.3, -0.25) is 4.79 Å². The second-order valence-electron chi connectivity index (χ2n) is 6.27. The molecule has 10 atom stereocenters. The van der Waals surface area contributed by atoms with Crippen LogP contribution in [0.5, 0.6) is 0 Å². The zero-order valence-corrected chi connectivity index (χ0v) is 14.0. The molecule has 2 fully saturated rings. The first-order valence-corrected chi connectivity index (χ1v) is 8.06. The van der Waals surface area contributed by atoms with Crippen LogP contribution in [-0.2, 0) is 19.0 Å². The maximum atomic E-state index is 11.4. The van der Waals surface area contributed by atoms with Crippen molar-refractivity contribution < 1.29 is 54.8 Å². The maximum absolute atomic E-state index is 11.4. The Morgan fingerprint density at radius 1 is 0.846 bits per heavy atom. The van der Waals surface area contributed by atoms with Gasteiger partial charge in [0.15, 0.2) is 12.6 Å². The van der Waals surface area contributed by atoms with Crippen LogP contribution in [0.15, 0.2) is 0 Å². The monoisotopic (exact) mass is 383 g/mol. The van der Waals surface area contributed by atoms with Crippen LogP contribution in [0.1, 0.15) is 6.92 Å². The Morgan fingerprint density at radius 3 is 1.85 bits per heavy atom. The zero-order valence-electron chi connectivity index (χ0n) is 14.0. The molecule has 0 radical (unpaired) electrons. The Labute approximate surface area is 148 Å². The normalized spacial score (nSPS) is 46.8. The molecule has 152 valence electrons. The Balaban J connectivity index is 2.18. The van der Waals surface area contributed by atoms with Gasteiger partial charge in [0.1, 0.15) is 48.8 Å². The SMILES string of the molecule is CC(=O)N[C@@H]1[C@@H](O[C@@H]2O[C@H](CO)[C@@H](O)[C@H](O)[C@H]2O)O[C@H](CO)[C@@H](O)[C@@H]1O. The number of nitrogens with one attached hydrogen (secondary N) is 1. The van der Waals surface area contributed by atoms with Crippen LogP contribution in [0.4, 0.5) is 0 Å². The van der Waals surface area contributed by atoms with Gasteiger partial charge in [-0.05, 0) is 0 Å². The molecule has 0 aromatic heterocycles. The first-order valence-electron chi connectivity index (χ1n) is 8.06. The molecule has 1 amide bonds. The van der Waals surface area contributed by atoms with Crippen LogP contribution in [0.3, 0.4) is 0 Å². The Morgan fingerprint density at radius 2 is 1.35 bits per heavy atom. The van der Waals surface area contributed by atoms with Gasteiger partial charge in [-0.25, -0.2) is 0 Å². The second-order valence-corrected chi connectivity index (χ2v) is 6.27. The highest BCUT2D eigenvalue weighted by molar-refractivity contribution is 5.73. The molecule has 2 heterocycles. The molecule has 2 saturated heterocycles.